The summed E-state index contributed by atoms with van der Waals surface area (Å²) in [6.45, 7) is 0.509. The Morgan fingerprint density at radius 2 is 1.50 bits per heavy atom. The normalized spacial score (nSPS) is 14.3. The Hall–Kier alpha value is -3.24. The fourth-order valence-electron chi connectivity index (χ4n) is 3.02. The number of urea groups is 1. The number of amides is 2. The van der Waals surface area contributed by atoms with Crippen molar-refractivity contribution in [2.24, 2.45) is 5.73 Å². The number of primary amides is 1. The Morgan fingerprint density at radius 1 is 0.933 bits per heavy atom. The zero-order chi connectivity index (χ0) is 21.7. The van der Waals surface area contributed by atoms with Crippen LogP contribution >= 0.6 is 0 Å². The van der Waals surface area contributed by atoms with Crippen molar-refractivity contribution in [3.63, 3.8) is 0 Å². The van der Waals surface area contributed by atoms with Crippen molar-refractivity contribution in [2.75, 3.05) is 25.0 Å². The second-order valence-electron chi connectivity index (χ2n) is 6.70. The summed E-state index contributed by atoms with van der Waals surface area (Å²) in [5, 5.41) is 2.36. The van der Waals surface area contributed by atoms with Crippen LogP contribution in [0.3, 0.4) is 0 Å². The maximum Gasteiger partial charge on any atom is 0.338 e. The molecule has 9 nitrogen and oxygen atoms in total. The average molecular weight is 431 g/mol. The third-order valence-corrected chi connectivity index (χ3v) is 6.51. The molecule has 0 unspecified atom stereocenters. The molecule has 2 aromatic carbocycles. The highest BCUT2D eigenvalue weighted by Crippen LogP contribution is 2.21. The summed E-state index contributed by atoms with van der Waals surface area (Å²) < 4.78 is 31.5. The molecule has 0 spiro atoms. The van der Waals surface area contributed by atoms with E-state index in [4.69, 9.17) is 10.5 Å². The number of benzene rings is 2. The summed E-state index contributed by atoms with van der Waals surface area (Å²) in [7, 11) is -3.55. The molecule has 0 aromatic heterocycles. The number of anilines is 1. The van der Waals surface area contributed by atoms with Crippen molar-refractivity contribution in [1.82, 2.24) is 4.31 Å². The van der Waals surface area contributed by atoms with Gasteiger partial charge in [0, 0.05) is 24.3 Å². The molecule has 158 valence electrons. The van der Waals surface area contributed by atoms with Crippen molar-refractivity contribution in [3.8, 4) is 0 Å². The molecular weight excluding hydrogens is 410 g/mol. The largest absolute Gasteiger partial charge is 0.454 e. The van der Waals surface area contributed by atoms with E-state index in [1.807, 2.05) is 0 Å². The molecule has 1 aliphatic rings. The Morgan fingerprint density at radius 3 is 2.07 bits per heavy atom. The van der Waals surface area contributed by atoms with E-state index in [-0.39, 0.29) is 16.0 Å². The molecule has 0 bridgehead atoms. The number of Topliss-reactive ketones (excluding diaryl/α,β-unsaturated/α-hetero) is 1. The SMILES string of the molecule is NC(=O)Nc1ccc(C(=O)OCC(=O)c2ccc(S(=O)(=O)N3CCCC3)cc2)cc1. The number of sulfonamides is 1. The Kier molecular flexibility index (Phi) is 6.48. The van der Waals surface area contributed by atoms with Gasteiger partial charge in [-0.05, 0) is 61.4 Å². The minimum absolute atomic E-state index is 0.127. The highest BCUT2D eigenvalue weighted by molar-refractivity contribution is 7.89. The number of carbonyl (C=O) groups excluding carboxylic acids is 3. The smallest absolute Gasteiger partial charge is 0.338 e. The molecule has 2 amide bonds. The van der Waals surface area contributed by atoms with E-state index in [1.165, 1.54) is 52.8 Å². The molecule has 1 heterocycles. The van der Waals surface area contributed by atoms with Crippen LogP contribution in [0.25, 0.3) is 0 Å². The predicted molar refractivity (Wildman–Crippen MR) is 109 cm³/mol. The number of carbonyl (C=O) groups is 3. The first-order valence-corrected chi connectivity index (χ1v) is 10.7. The van der Waals surface area contributed by atoms with Crippen molar-refractivity contribution in [2.45, 2.75) is 17.7 Å². The van der Waals surface area contributed by atoms with Crippen LogP contribution in [-0.2, 0) is 14.8 Å². The molecule has 3 rings (SSSR count). The zero-order valence-electron chi connectivity index (χ0n) is 16.0. The van der Waals surface area contributed by atoms with Gasteiger partial charge in [0.05, 0.1) is 10.5 Å². The van der Waals surface area contributed by atoms with Gasteiger partial charge in [0.1, 0.15) is 0 Å². The predicted octanol–water partition coefficient (Wildman–Crippen LogP) is 2.00. The molecule has 10 heteroatoms. The molecular formula is C20H21N3O6S. The second-order valence-corrected chi connectivity index (χ2v) is 8.64. The van der Waals surface area contributed by atoms with Crippen LogP contribution in [-0.4, -0.2) is 50.2 Å². The van der Waals surface area contributed by atoms with Gasteiger partial charge in [-0.15, -0.1) is 0 Å². The fraction of sp³-hybridized carbons (Fsp3) is 0.250. The lowest BCUT2D eigenvalue weighted by Gasteiger charge is -2.15. The van der Waals surface area contributed by atoms with Crippen LogP contribution in [0.15, 0.2) is 53.4 Å². The summed E-state index contributed by atoms with van der Waals surface area (Å²) in [5.41, 5.74) is 5.86. The summed E-state index contributed by atoms with van der Waals surface area (Å²) in [6, 6.07) is 10.7. The number of hydrogen-bond acceptors (Lipinski definition) is 6. The van der Waals surface area contributed by atoms with E-state index < -0.39 is 34.4 Å². The monoisotopic (exact) mass is 431 g/mol. The van der Waals surface area contributed by atoms with Gasteiger partial charge >= 0.3 is 12.0 Å². The minimum Gasteiger partial charge on any atom is -0.454 e. The van der Waals surface area contributed by atoms with Gasteiger partial charge in [0.2, 0.25) is 10.0 Å². The number of rotatable bonds is 7. The van der Waals surface area contributed by atoms with Gasteiger partial charge in [-0.1, -0.05) is 0 Å². The van der Waals surface area contributed by atoms with Crippen molar-refractivity contribution in [1.29, 1.82) is 0 Å². The van der Waals surface area contributed by atoms with Crippen molar-refractivity contribution >= 4 is 33.5 Å². The van der Waals surface area contributed by atoms with E-state index in [9.17, 15) is 22.8 Å². The maximum atomic E-state index is 12.5. The lowest BCUT2D eigenvalue weighted by Crippen LogP contribution is -2.27. The lowest BCUT2D eigenvalue weighted by atomic mass is 10.1. The van der Waals surface area contributed by atoms with Crippen LogP contribution in [0, 0.1) is 0 Å². The number of nitrogens with two attached hydrogens (primary N) is 1. The molecule has 0 atom stereocenters. The van der Waals surface area contributed by atoms with E-state index in [2.05, 4.69) is 5.32 Å². The highest BCUT2D eigenvalue weighted by atomic mass is 32.2. The average Bonchev–Trinajstić information content (AvgIpc) is 3.28. The van der Waals surface area contributed by atoms with E-state index in [0.29, 0.717) is 18.8 Å². The molecule has 1 saturated heterocycles. The molecule has 1 fully saturated rings. The number of nitrogens with one attached hydrogen (secondary N) is 1. The summed E-state index contributed by atoms with van der Waals surface area (Å²) >= 11 is 0. The van der Waals surface area contributed by atoms with Crippen molar-refractivity contribution in [3.05, 3.63) is 59.7 Å². The fourth-order valence-corrected chi connectivity index (χ4v) is 4.54. The first kappa shape index (κ1) is 21.5. The third kappa shape index (κ3) is 5.02. The topological polar surface area (TPSA) is 136 Å². The molecule has 0 radical (unpaired) electrons. The summed E-state index contributed by atoms with van der Waals surface area (Å²) in [6.07, 6.45) is 1.68. The van der Waals surface area contributed by atoms with Crippen LogP contribution in [0.4, 0.5) is 10.5 Å². The lowest BCUT2D eigenvalue weighted by molar-refractivity contribution is 0.0475. The highest BCUT2D eigenvalue weighted by Gasteiger charge is 2.27. The first-order chi connectivity index (χ1) is 14.3. The molecule has 0 aliphatic carbocycles. The number of ether oxygens (including phenoxy) is 1. The first-order valence-electron chi connectivity index (χ1n) is 9.24. The Bertz CT molecular complexity index is 1040. The summed E-state index contributed by atoms with van der Waals surface area (Å²) in [5.74, 6) is -1.16. The van der Waals surface area contributed by atoms with E-state index >= 15 is 0 Å². The number of nitrogens with zero attached hydrogens (tertiary/aromatic N) is 1. The molecule has 0 saturated carbocycles. The zero-order valence-corrected chi connectivity index (χ0v) is 16.9. The molecule has 1 aliphatic heterocycles. The Balaban J connectivity index is 1.58. The summed E-state index contributed by atoms with van der Waals surface area (Å²) in [4.78, 5) is 35.3. The van der Waals surface area contributed by atoms with E-state index in [0.717, 1.165) is 12.8 Å². The molecule has 3 N–H and O–H groups in total. The quantitative estimate of drug-likeness (QED) is 0.508. The van der Waals surface area contributed by atoms with Crippen LogP contribution in [0.5, 0.6) is 0 Å². The van der Waals surface area contributed by atoms with Gasteiger partial charge in [0.15, 0.2) is 12.4 Å². The molecule has 2 aromatic rings. The second kappa shape index (κ2) is 9.06. The van der Waals surface area contributed by atoms with Crippen LogP contribution in [0.1, 0.15) is 33.6 Å². The van der Waals surface area contributed by atoms with Crippen molar-refractivity contribution < 1.29 is 27.5 Å². The standard InChI is InChI=1S/C20H21N3O6S/c21-20(26)22-16-7-3-15(4-8-16)19(25)29-13-18(24)14-5-9-17(10-6-14)30(27,28)23-11-1-2-12-23/h3-10H,1-2,11-13H2,(H3,21,22,26). The third-order valence-electron chi connectivity index (χ3n) is 4.60. The van der Waals surface area contributed by atoms with Crippen LogP contribution in [0.2, 0.25) is 0 Å². The number of esters is 1. The minimum atomic E-state index is -3.55. The van der Waals surface area contributed by atoms with E-state index in [1.54, 1.807) is 0 Å². The van der Waals surface area contributed by atoms with Gasteiger partial charge in [0.25, 0.3) is 0 Å². The van der Waals surface area contributed by atoms with Gasteiger partial charge < -0.3 is 15.8 Å². The Labute approximate surface area is 173 Å². The van der Waals surface area contributed by atoms with Gasteiger partial charge in [-0.2, -0.15) is 4.31 Å². The van der Waals surface area contributed by atoms with Crippen LogP contribution < -0.4 is 11.1 Å². The van der Waals surface area contributed by atoms with Gasteiger partial charge in [-0.3, -0.25) is 4.79 Å². The number of hydrogen-bond donors (Lipinski definition) is 2. The molecule has 30 heavy (non-hydrogen) atoms. The van der Waals surface area contributed by atoms with Gasteiger partial charge in [-0.25, -0.2) is 18.0 Å². The number of ketones is 1. The maximum absolute atomic E-state index is 12.5.